The van der Waals surface area contributed by atoms with E-state index in [0.29, 0.717) is 47.2 Å². The number of nitrogens with zero attached hydrogens (tertiary/aromatic N) is 3. The van der Waals surface area contributed by atoms with Gasteiger partial charge in [-0.05, 0) is 60.7 Å². The van der Waals surface area contributed by atoms with Crippen molar-refractivity contribution in [2.24, 2.45) is 4.99 Å². The minimum Gasteiger partial charge on any atom is -0.481 e. The first-order valence-corrected chi connectivity index (χ1v) is 15.8. The van der Waals surface area contributed by atoms with Crippen LogP contribution >= 0.6 is 46.5 Å². The summed E-state index contributed by atoms with van der Waals surface area (Å²) < 4.78 is 40.0. The molecule has 1 aromatic heterocycles. The highest BCUT2D eigenvalue weighted by atomic mass is 35.5. The maximum atomic E-state index is 13.2. The lowest BCUT2D eigenvalue weighted by molar-refractivity contribution is -0.135. The molecule has 0 saturated carbocycles. The first-order valence-electron chi connectivity index (χ1n) is 12.9. The number of aromatic nitrogens is 1. The molecule has 40 heavy (non-hydrogen) atoms. The van der Waals surface area contributed by atoms with Gasteiger partial charge in [-0.25, -0.2) is 4.98 Å². The first-order chi connectivity index (χ1) is 18.6. The second-order valence-electron chi connectivity index (χ2n) is 11.0. The summed E-state index contributed by atoms with van der Waals surface area (Å²) in [4.78, 5) is 35.1. The second-order valence-corrected chi connectivity index (χ2v) is 15.3. The second kappa shape index (κ2) is 12.2. The van der Waals surface area contributed by atoms with Crippen LogP contribution in [0, 0.1) is 0 Å². The number of halogens is 4. The quantitative estimate of drug-likeness (QED) is 0.313. The number of carbonyl (C=O) groups excluding carboxylic acids is 1. The number of piperidine rings is 1. The summed E-state index contributed by atoms with van der Waals surface area (Å²) in [5.41, 5.74) is -2.34. The van der Waals surface area contributed by atoms with Gasteiger partial charge in [0.1, 0.15) is 15.4 Å². The van der Waals surface area contributed by atoms with Crippen LogP contribution < -0.4 is 0 Å². The summed E-state index contributed by atoms with van der Waals surface area (Å²) in [5.74, 6) is -0.834. The van der Waals surface area contributed by atoms with Gasteiger partial charge in [-0.3, -0.25) is 14.6 Å². The van der Waals surface area contributed by atoms with Crippen molar-refractivity contribution in [1.29, 1.82) is 0 Å². The van der Waals surface area contributed by atoms with Crippen molar-refractivity contribution < 1.29 is 27.9 Å². The van der Waals surface area contributed by atoms with Crippen LogP contribution in [0.2, 0.25) is 4.34 Å². The van der Waals surface area contributed by atoms with Gasteiger partial charge < -0.3 is 10.0 Å². The van der Waals surface area contributed by atoms with Crippen LogP contribution in [0.5, 0.6) is 0 Å². The van der Waals surface area contributed by atoms with Gasteiger partial charge in [-0.15, -0.1) is 23.1 Å². The van der Waals surface area contributed by atoms with Crippen molar-refractivity contribution in [3.05, 3.63) is 33.1 Å². The maximum absolute atomic E-state index is 13.2. The zero-order valence-corrected chi connectivity index (χ0v) is 25.8. The number of carbonyl (C=O) groups is 2. The maximum Gasteiger partial charge on any atom is 0.446 e. The molecule has 2 aliphatic heterocycles. The van der Waals surface area contributed by atoms with Crippen LogP contribution in [0.25, 0.3) is 11.3 Å². The van der Waals surface area contributed by atoms with E-state index < -0.39 is 11.5 Å². The molecule has 2 atom stereocenters. The third kappa shape index (κ3) is 7.95. The molecule has 2 aromatic rings. The van der Waals surface area contributed by atoms with E-state index in [9.17, 15) is 22.8 Å². The van der Waals surface area contributed by atoms with Crippen molar-refractivity contribution in [2.75, 3.05) is 13.1 Å². The van der Waals surface area contributed by atoms with Gasteiger partial charge in [-0.1, -0.05) is 32.4 Å². The third-order valence-electron chi connectivity index (χ3n) is 6.90. The summed E-state index contributed by atoms with van der Waals surface area (Å²) in [5, 5.41) is 9.58. The number of alkyl halides is 3. The van der Waals surface area contributed by atoms with Gasteiger partial charge in [-0.2, -0.15) is 13.2 Å². The molecule has 13 heteroatoms. The van der Waals surface area contributed by atoms with E-state index in [4.69, 9.17) is 21.7 Å². The molecule has 218 valence electrons. The fourth-order valence-electron chi connectivity index (χ4n) is 4.76. The molecule has 2 unspecified atom stereocenters. The van der Waals surface area contributed by atoms with Gasteiger partial charge in [0.05, 0.1) is 17.8 Å². The van der Waals surface area contributed by atoms with Gasteiger partial charge in [0.15, 0.2) is 0 Å². The fraction of sp³-hybridized carbons (Fsp3) is 0.556. The average molecular weight is 634 g/mol. The summed E-state index contributed by atoms with van der Waals surface area (Å²) in [6, 6.07) is 4.92. The Morgan fingerprint density at radius 1 is 1.18 bits per heavy atom. The number of aliphatic carboxylic acids is 1. The molecular weight excluding hydrogens is 603 g/mol. The fourth-order valence-corrected chi connectivity index (χ4v) is 7.98. The molecular formula is C27H31ClF3N3O3S3. The molecule has 1 saturated heterocycles. The smallest absolute Gasteiger partial charge is 0.446 e. The highest BCUT2D eigenvalue weighted by Gasteiger charge is 2.33. The third-order valence-corrected chi connectivity index (χ3v) is 10.3. The van der Waals surface area contributed by atoms with Crippen LogP contribution in [0.3, 0.4) is 0 Å². The number of rotatable bonds is 7. The van der Waals surface area contributed by atoms with Crippen molar-refractivity contribution in [3.8, 4) is 11.3 Å². The predicted octanol–water partition coefficient (Wildman–Crippen LogP) is 7.85. The molecule has 4 rings (SSSR count). The Balaban J connectivity index is 1.43. The van der Waals surface area contributed by atoms with E-state index in [1.54, 1.807) is 6.07 Å². The Bertz CT molecular complexity index is 1300. The number of benzene rings is 1. The van der Waals surface area contributed by atoms with Crippen molar-refractivity contribution in [2.45, 2.75) is 85.7 Å². The highest BCUT2D eigenvalue weighted by molar-refractivity contribution is 8.01. The molecule has 1 aromatic carbocycles. The van der Waals surface area contributed by atoms with Crippen molar-refractivity contribution in [3.63, 3.8) is 0 Å². The number of thioether (sulfide) groups is 2. The SMILES string of the molecule is CC1SC(CC(=O)N2CCC(c3nc(-c4cc(SC(F)(F)F)cc(C(C)(C)C)c4)c(Cl)s3)CC2)N=C1CC(=O)O. The first kappa shape index (κ1) is 31.2. The number of likely N-dealkylation sites (tertiary alicyclic amines) is 1. The van der Waals surface area contributed by atoms with E-state index in [-0.39, 0.29) is 57.4 Å². The topological polar surface area (TPSA) is 82.9 Å². The average Bonchev–Trinajstić information content (AvgIpc) is 3.38. The minimum absolute atomic E-state index is 0.00461. The van der Waals surface area contributed by atoms with E-state index in [0.717, 1.165) is 10.6 Å². The molecule has 6 nitrogen and oxygen atoms in total. The molecule has 1 N–H and O–H groups in total. The largest absolute Gasteiger partial charge is 0.481 e. The molecule has 0 aliphatic carbocycles. The van der Waals surface area contributed by atoms with Crippen LogP contribution in [0.1, 0.15) is 69.9 Å². The summed E-state index contributed by atoms with van der Waals surface area (Å²) in [6.07, 6.45) is 1.53. The molecule has 0 spiro atoms. The summed E-state index contributed by atoms with van der Waals surface area (Å²) in [7, 11) is 0. The molecule has 0 bridgehead atoms. The number of carboxylic acids is 1. The highest BCUT2D eigenvalue weighted by Crippen LogP contribution is 2.44. The number of aliphatic imine (C=N–C) groups is 1. The van der Waals surface area contributed by atoms with Gasteiger partial charge in [0.2, 0.25) is 5.91 Å². The normalized spacial score (nSPS) is 20.6. The Hall–Kier alpha value is -1.76. The van der Waals surface area contributed by atoms with Crippen LogP contribution in [0.4, 0.5) is 13.2 Å². The summed E-state index contributed by atoms with van der Waals surface area (Å²) in [6.45, 7) is 8.87. The van der Waals surface area contributed by atoms with Crippen LogP contribution in [0.15, 0.2) is 28.1 Å². The molecule has 1 fully saturated rings. The lowest BCUT2D eigenvalue weighted by Crippen LogP contribution is -2.38. The van der Waals surface area contributed by atoms with E-state index in [1.807, 2.05) is 38.7 Å². The Morgan fingerprint density at radius 2 is 1.85 bits per heavy atom. The minimum atomic E-state index is -4.40. The number of hydrogen-bond donors (Lipinski definition) is 1. The lowest BCUT2D eigenvalue weighted by atomic mass is 9.86. The number of thiazole rings is 1. The monoisotopic (exact) mass is 633 g/mol. The van der Waals surface area contributed by atoms with E-state index in [2.05, 4.69) is 4.99 Å². The van der Waals surface area contributed by atoms with E-state index >= 15 is 0 Å². The predicted molar refractivity (Wildman–Crippen MR) is 157 cm³/mol. The molecule has 3 heterocycles. The van der Waals surface area contributed by atoms with E-state index in [1.165, 1.54) is 29.2 Å². The van der Waals surface area contributed by atoms with Crippen molar-refractivity contribution in [1.82, 2.24) is 9.88 Å². The van der Waals surface area contributed by atoms with Crippen LogP contribution in [-0.4, -0.2) is 61.8 Å². The van der Waals surface area contributed by atoms with Gasteiger partial charge in [0, 0.05) is 40.4 Å². The van der Waals surface area contributed by atoms with Gasteiger partial charge >= 0.3 is 11.5 Å². The standard InChI is InChI=1S/C27H31ClF3N3O3S3/c1-14-19(12-22(36)37)32-20(38-14)13-21(35)34-7-5-15(6-8-34)25-33-23(24(28)39-25)16-9-17(26(2,3)4)11-18(10-16)40-27(29,30)31/h9-11,14-15,20H,5-8,12-13H2,1-4H3,(H,36,37). The zero-order valence-electron chi connectivity index (χ0n) is 22.5. The van der Waals surface area contributed by atoms with Crippen molar-refractivity contribution >= 4 is 64.0 Å². The zero-order chi connectivity index (χ0) is 29.4. The Kier molecular flexibility index (Phi) is 9.53. The Labute approximate surface area is 249 Å². The number of amides is 1. The molecule has 2 aliphatic rings. The lowest BCUT2D eigenvalue weighted by Gasteiger charge is -2.31. The molecule has 1 amide bonds. The number of hydrogen-bond acceptors (Lipinski definition) is 7. The molecule has 0 radical (unpaired) electrons. The number of carboxylic acid groups (broad SMARTS) is 1. The summed E-state index contributed by atoms with van der Waals surface area (Å²) >= 11 is 9.30. The Morgan fingerprint density at radius 3 is 2.45 bits per heavy atom. The van der Waals surface area contributed by atoms with Crippen LogP contribution in [-0.2, 0) is 15.0 Å². The van der Waals surface area contributed by atoms with Gasteiger partial charge in [0.25, 0.3) is 0 Å².